The van der Waals surface area contributed by atoms with Gasteiger partial charge in [-0.1, -0.05) is 18.2 Å². The van der Waals surface area contributed by atoms with Crippen molar-refractivity contribution in [1.29, 1.82) is 0 Å². The third-order valence-corrected chi connectivity index (χ3v) is 4.77. The fourth-order valence-corrected chi connectivity index (χ4v) is 3.29. The van der Waals surface area contributed by atoms with Crippen LogP contribution >= 0.6 is 0 Å². The summed E-state index contributed by atoms with van der Waals surface area (Å²) in [5.41, 5.74) is 2.76. The second-order valence-electron chi connectivity index (χ2n) is 6.62. The molecule has 0 bridgehead atoms. The molecule has 2 aliphatic rings. The first kappa shape index (κ1) is 16.9. The average Bonchev–Trinajstić information content (AvgIpc) is 3.31. The van der Waals surface area contributed by atoms with Crippen molar-refractivity contribution in [3.8, 4) is 11.5 Å². The van der Waals surface area contributed by atoms with E-state index in [-0.39, 0.29) is 6.03 Å². The van der Waals surface area contributed by atoms with Crippen LogP contribution < -0.4 is 15.5 Å². The number of fused-ring (bicyclic) bond motifs is 1. The zero-order valence-corrected chi connectivity index (χ0v) is 14.5. The van der Waals surface area contributed by atoms with E-state index in [0.717, 1.165) is 48.3 Å². The van der Waals surface area contributed by atoms with Gasteiger partial charge in [0.25, 0.3) is 0 Å². The standard InChI is InChI=1S/C19H21BN2O4/c23-19(22-9-1-2-10-22)21-12-14-3-5-16(6-4-14)26-17-7-8-18-15(11-17)13-25-20(18)24/h3-8,11,24H,1-2,9-10,12-13H2,(H,21,23). The Balaban J connectivity index is 1.33. The van der Waals surface area contributed by atoms with Crippen LogP contribution in [0.25, 0.3) is 0 Å². The third-order valence-electron chi connectivity index (χ3n) is 4.77. The maximum Gasteiger partial charge on any atom is 0.491 e. The molecule has 7 heteroatoms. The number of carbonyl (C=O) groups is 1. The average molecular weight is 352 g/mol. The second-order valence-corrected chi connectivity index (χ2v) is 6.62. The number of hydrogen-bond acceptors (Lipinski definition) is 4. The molecule has 0 saturated carbocycles. The summed E-state index contributed by atoms with van der Waals surface area (Å²) < 4.78 is 11.1. The van der Waals surface area contributed by atoms with Crippen molar-refractivity contribution >= 4 is 18.6 Å². The van der Waals surface area contributed by atoms with E-state index in [1.165, 1.54) is 0 Å². The van der Waals surface area contributed by atoms with Gasteiger partial charge >= 0.3 is 13.1 Å². The lowest BCUT2D eigenvalue weighted by Crippen LogP contribution is -2.37. The Morgan fingerprint density at radius 1 is 1.15 bits per heavy atom. The van der Waals surface area contributed by atoms with Gasteiger partial charge in [-0.2, -0.15) is 0 Å². The minimum Gasteiger partial charge on any atom is -0.457 e. The molecule has 4 rings (SSSR count). The number of carbonyl (C=O) groups excluding carboxylic acids is 1. The van der Waals surface area contributed by atoms with Gasteiger partial charge in [0.15, 0.2) is 0 Å². The van der Waals surface area contributed by atoms with Crippen molar-refractivity contribution in [2.45, 2.75) is 26.0 Å². The first-order valence-corrected chi connectivity index (χ1v) is 8.91. The van der Waals surface area contributed by atoms with E-state index in [1.54, 1.807) is 0 Å². The number of ether oxygens (including phenoxy) is 1. The van der Waals surface area contributed by atoms with Gasteiger partial charge < -0.3 is 24.6 Å². The van der Waals surface area contributed by atoms with Gasteiger partial charge in [-0.15, -0.1) is 0 Å². The molecule has 2 amide bonds. The summed E-state index contributed by atoms with van der Waals surface area (Å²) in [7, 11) is -0.839. The number of urea groups is 1. The molecule has 2 aromatic carbocycles. The van der Waals surface area contributed by atoms with Gasteiger partial charge in [0, 0.05) is 19.6 Å². The summed E-state index contributed by atoms with van der Waals surface area (Å²) in [4.78, 5) is 13.9. The van der Waals surface area contributed by atoms with Crippen LogP contribution in [0, 0.1) is 0 Å². The molecule has 134 valence electrons. The molecule has 1 fully saturated rings. The van der Waals surface area contributed by atoms with E-state index in [4.69, 9.17) is 9.39 Å². The van der Waals surface area contributed by atoms with Crippen LogP contribution in [0.5, 0.6) is 11.5 Å². The normalized spacial score (nSPS) is 15.9. The van der Waals surface area contributed by atoms with Crippen LogP contribution in [0.1, 0.15) is 24.0 Å². The topological polar surface area (TPSA) is 71.0 Å². The largest absolute Gasteiger partial charge is 0.491 e. The van der Waals surface area contributed by atoms with Gasteiger partial charge in [0.05, 0.1) is 6.61 Å². The van der Waals surface area contributed by atoms with Gasteiger partial charge in [-0.3, -0.25) is 0 Å². The van der Waals surface area contributed by atoms with Crippen molar-refractivity contribution in [1.82, 2.24) is 10.2 Å². The molecular weight excluding hydrogens is 331 g/mol. The highest BCUT2D eigenvalue weighted by Crippen LogP contribution is 2.24. The molecule has 0 atom stereocenters. The second kappa shape index (κ2) is 7.39. The van der Waals surface area contributed by atoms with Crippen LogP contribution in [-0.4, -0.2) is 36.2 Å². The molecular formula is C19H21BN2O4. The Hall–Kier alpha value is -2.51. The van der Waals surface area contributed by atoms with Gasteiger partial charge in [0.2, 0.25) is 0 Å². The number of likely N-dealkylation sites (tertiary alicyclic amines) is 1. The van der Waals surface area contributed by atoms with Crippen LogP contribution in [0.15, 0.2) is 42.5 Å². The molecule has 2 heterocycles. The molecule has 0 aliphatic carbocycles. The minimum absolute atomic E-state index is 0.00498. The summed E-state index contributed by atoms with van der Waals surface area (Å²) in [6, 6.07) is 13.2. The van der Waals surface area contributed by atoms with E-state index >= 15 is 0 Å². The van der Waals surface area contributed by atoms with E-state index in [2.05, 4.69) is 5.32 Å². The number of rotatable bonds is 4. The third kappa shape index (κ3) is 3.69. The smallest absolute Gasteiger partial charge is 0.457 e. The highest BCUT2D eigenvalue weighted by atomic mass is 16.5. The predicted molar refractivity (Wildman–Crippen MR) is 98.4 cm³/mol. The number of benzene rings is 2. The lowest BCUT2D eigenvalue weighted by molar-refractivity contribution is 0.208. The summed E-state index contributed by atoms with van der Waals surface area (Å²) in [5, 5.41) is 12.6. The molecule has 26 heavy (non-hydrogen) atoms. The number of nitrogens with one attached hydrogen (secondary N) is 1. The molecule has 2 N–H and O–H groups in total. The highest BCUT2D eigenvalue weighted by molar-refractivity contribution is 6.61. The summed E-state index contributed by atoms with van der Waals surface area (Å²) in [5.74, 6) is 1.43. The van der Waals surface area contributed by atoms with Gasteiger partial charge in [-0.25, -0.2) is 4.79 Å². The summed E-state index contributed by atoms with van der Waals surface area (Å²) >= 11 is 0. The van der Waals surface area contributed by atoms with Crippen molar-refractivity contribution in [2.75, 3.05) is 13.1 Å². The van der Waals surface area contributed by atoms with Crippen LogP contribution in [-0.2, 0) is 17.8 Å². The lowest BCUT2D eigenvalue weighted by atomic mass is 9.80. The first-order chi connectivity index (χ1) is 12.7. The molecule has 0 unspecified atom stereocenters. The van der Waals surface area contributed by atoms with Crippen LogP contribution in [0.4, 0.5) is 4.79 Å². The number of nitrogens with zero attached hydrogens (tertiary/aromatic N) is 1. The van der Waals surface area contributed by atoms with Crippen molar-refractivity contribution in [3.63, 3.8) is 0 Å². The van der Waals surface area contributed by atoms with E-state index in [9.17, 15) is 9.82 Å². The minimum atomic E-state index is -0.839. The first-order valence-electron chi connectivity index (χ1n) is 8.91. The zero-order valence-electron chi connectivity index (χ0n) is 14.5. The van der Waals surface area contributed by atoms with Gasteiger partial charge in [0.1, 0.15) is 11.5 Å². The fourth-order valence-electron chi connectivity index (χ4n) is 3.29. The van der Waals surface area contributed by atoms with E-state index < -0.39 is 7.12 Å². The summed E-state index contributed by atoms with van der Waals surface area (Å²) in [6.07, 6.45) is 2.18. The molecule has 0 radical (unpaired) electrons. The van der Waals surface area contributed by atoms with E-state index in [1.807, 2.05) is 47.4 Å². The number of hydrogen-bond donors (Lipinski definition) is 2. The maximum atomic E-state index is 12.0. The monoisotopic (exact) mass is 352 g/mol. The zero-order chi connectivity index (χ0) is 17.9. The van der Waals surface area contributed by atoms with Gasteiger partial charge in [-0.05, 0) is 53.7 Å². The van der Waals surface area contributed by atoms with Crippen LogP contribution in [0.3, 0.4) is 0 Å². The molecule has 0 aromatic heterocycles. The maximum absolute atomic E-state index is 12.0. The van der Waals surface area contributed by atoms with Crippen molar-refractivity contribution < 1.29 is 19.2 Å². The molecule has 2 aliphatic heterocycles. The molecule has 2 aromatic rings. The Bertz CT molecular complexity index is 791. The van der Waals surface area contributed by atoms with E-state index in [0.29, 0.717) is 18.9 Å². The lowest BCUT2D eigenvalue weighted by Gasteiger charge is -2.16. The number of amides is 2. The van der Waals surface area contributed by atoms with Crippen molar-refractivity contribution in [2.24, 2.45) is 0 Å². The molecule has 6 nitrogen and oxygen atoms in total. The fraction of sp³-hybridized carbons (Fsp3) is 0.316. The Kier molecular flexibility index (Phi) is 4.82. The molecule has 1 saturated heterocycles. The summed E-state index contributed by atoms with van der Waals surface area (Å²) in [6.45, 7) is 2.59. The molecule has 0 spiro atoms. The predicted octanol–water partition coefficient (Wildman–Crippen LogP) is 2.00. The Morgan fingerprint density at radius 2 is 1.88 bits per heavy atom. The highest BCUT2D eigenvalue weighted by Gasteiger charge is 2.27. The van der Waals surface area contributed by atoms with Crippen LogP contribution in [0.2, 0.25) is 0 Å². The quantitative estimate of drug-likeness (QED) is 0.826. The van der Waals surface area contributed by atoms with Crippen molar-refractivity contribution in [3.05, 3.63) is 53.6 Å². The Labute approximate surface area is 152 Å². The SMILES string of the molecule is O=C(NCc1ccc(Oc2ccc3c(c2)COB3O)cc1)N1CCCC1. The Morgan fingerprint density at radius 3 is 2.65 bits per heavy atom.